The maximum atomic E-state index is 12.1. The van der Waals surface area contributed by atoms with Crippen LogP contribution in [0.15, 0.2) is 18.2 Å². The van der Waals surface area contributed by atoms with Crippen LogP contribution < -0.4 is 10.6 Å². The van der Waals surface area contributed by atoms with E-state index < -0.39 is 0 Å². The van der Waals surface area contributed by atoms with Crippen molar-refractivity contribution in [1.29, 1.82) is 0 Å². The van der Waals surface area contributed by atoms with E-state index in [0.29, 0.717) is 6.42 Å². The first-order valence-electron chi connectivity index (χ1n) is 7.40. The molecule has 1 heterocycles. The van der Waals surface area contributed by atoms with Crippen LogP contribution in [0.1, 0.15) is 24.5 Å². The Morgan fingerprint density at radius 3 is 2.50 bits per heavy atom. The van der Waals surface area contributed by atoms with Crippen LogP contribution in [-0.2, 0) is 4.79 Å². The summed E-state index contributed by atoms with van der Waals surface area (Å²) >= 11 is 0. The molecule has 0 radical (unpaired) electrons. The molecule has 1 aromatic rings. The van der Waals surface area contributed by atoms with E-state index >= 15 is 0 Å². The Kier molecular flexibility index (Phi) is 4.65. The highest BCUT2D eigenvalue weighted by molar-refractivity contribution is 5.81. The number of rotatable bonds is 3. The molecule has 0 aliphatic carbocycles. The number of aryl methyl sites for hydroxylation is 1. The van der Waals surface area contributed by atoms with Crippen molar-refractivity contribution in [3.8, 4) is 0 Å². The molecule has 4 nitrogen and oxygen atoms in total. The third kappa shape index (κ3) is 2.96. The summed E-state index contributed by atoms with van der Waals surface area (Å²) in [6.07, 6.45) is 0.704. The Bertz CT molecular complexity index is 479. The lowest BCUT2D eigenvalue weighted by Gasteiger charge is -2.37. The molecule has 1 saturated heterocycles. The second-order valence-corrected chi connectivity index (χ2v) is 5.55. The molecule has 1 amide bonds. The van der Waals surface area contributed by atoms with Gasteiger partial charge in [-0.05, 0) is 37.5 Å². The number of nitrogens with two attached hydrogens (primary N) is 1. The fourth-order valence-corrected chi connectivity index (χ4v) is 2.66. The van der Waals surface area contributed by atoms with Gasteiger partial charge in [0.2, 0.25) is 5.91 Å². The number of piperazine rings is 1. The van der Waals surface area contributed by atoms with Gasteiger partial charge in [0.15, 0.2) is 0 Å². The van der Waals surface area contributed by atoms with Crippen LogP contribution in [0.5, 0.6) is 0 Å². The van der Waals surface area contributed by atoms with Crippen LogP contribution in [-0.4, -0.2) is 43.0 Å². The first kappa shape index (κ1) is 14.9. The summed E-state index contributed by atoms with van der Waals surface area (Å²) in [6, 6.07) is 6.06. The van der Waals surface area contributed by atoms with Gasteiger partial charge in [-0.2, -0.15) is 0 Å². The molecule has 20 heavy (non-hydrogen) atoms. The van der Waals surface area contributed by atoms with Crippen molar-refractivity contribution in [2.75, 3.05) is 31.1 Å². The number of carbonyl (C=O) groups excluding carboxylic acids is 1. The first-order chi connectivity index (χ1) is 9.54. The molecule has 0 spiro atoms. The summed E-state index contributed by atoms with van der Waals surface area (Å²) < 4.78 is 0. The van der Waals surface area contributed by atoms with Gasteiger partial charge in [0.25, 0.3) is 0 Å². The molecule has 1 aliphatic rings. The van der Waals surface area contributed by atoms with Gasteiger partial charge < -0.3 is 15.5 Å². The van der Waals surface area contributed by atoms with E-state index in [1.807, 2.05) is 11.8 Å². The van der Waals surface area contributed by atoms with Crippen molar-refractivity contribution in [2.24, 2.45) is 5.73 Å². The molecule has 2 N–H and O–H groups in total. The molecule has 0 bridgehead atoms. The van der Waals surface area contributed by atoms with E-state index in [0.717, 1.165) is 26.2 Å². The van der Waals surface area contributed by atoms with Crippen molar-refractivity contribution in [1.82, 2.24) is 4.90 Å². The van der Waals surface area contributed by atoms with Gasteiger partial charge >= 0.3 is 0 Å². The molecule has 1 atom stereocenters. The lowest BCUT2D eigenvalue weighted by molar-refractivity contribution is -0.132. The molecule has 4 heteroatoms. The smallest absolute Gasteiger partial charge is 0.239 e. The van der Waals surface area contributed by atoms with Crippen LogP contribution >= 0.6 is 0 Å². The van der Waals surface area contributed by atoms with Crippen LogP contribution in [0, 0.1) is 13.8 Å². The van der Waals surface area contributed by atoms with Gasteiger partial charge in [-0.3, -0.25) is 4.79 Å². The summed E-state index contributed by atoms with van der Waals surface area (Å²) in [7, 11) is 0. The van der Waals surface area contributed by atoms with Gasteiger partial charge in [0.1, 0.15) is 0 Å². The quantitative estimate of drug-likeness (QED) is 0.913. The van der Waals surface area contributed by atoms with Gasteiger partial charge in [0.05, 0.1) is 6.04 Å². The second-order valence-electron chi connectivity index (χ2n) is 5.55. The summed E-state index contributed by atoms with van der Waals surface area (Å²) in [5, 5.41) is 0. The minimum atomic E-state index is -0.345. The molecular weight excluding hydrogens is 250 g/mol. The fourth-order valence-electron chi connectivity index (χ4n) is 2.66. The number of benzene rings is 1. The zero-order chi connectivity index (χ0) is 14.7. The molecular formula is C16H25N3O. The average molecular weight is 275 g/mol. The van der Waals surface area contributed by atoms with Crippen molar-refractivity contribution >= 4 is 11.6 Å². The van der Waals surface area contributed by atoms with E-state index in [9.17, 15) is 4.79 Å². The lowest BCUT2D eigenvalue weighted by Crippen LogP contribution is -2.53. The van der Waals surface area contributed by atoms with Crippen LogP contribution in [0.2, 0.25) is 0 Å². The van der Waals surface area contributed by atoms with Gasteiger partial charge in [-0.25, -0.2) is 0 Å². The summed E-state index contributed by atoms with van der Waals surface area (Å²) in [5.41, 5.74) is 9.77. The van der Waals surface area contributed by atoms with Gasteiger partial charge in [-0.15, -0.1) is 0 Å². The van der Waals surface area contributed by atoms with Crippen LogP contribution in [0.4, 0.5) is 5.69 Å². The third-order valence-electron chi connectivity index (χ3n) is 4.27. The topological polar surface area (TPSA) is 49.6 Å². The zero-order valence-corrected chi connectivity index (χ0v) is 12.7. The second kappa shape index (κ2) is 6.27. The number of nitrogens with zero attached hydrogens (tertiary/aromatic N) is 2. The highest BCUT2D eigenvalue weighted by Gasteiger charge is 2.24. The van der Waals surface area contributed by atoms with Crippen LogP contribution in [0.25, 0.3) is 0 Å². The minimum Gasteiger partial charge on any atom is -0.368 e. The summed E-state index contributed by atoms with van der Waals surface area (Å²) in [4.78, 5) is 16.3. The molecule has 2 rings (SSSR count). The Hall–Kier alpha value is -1.55. The van der Waals surface area contributed by atoms with E-state index in [1.54, 1.807) is 0 Å². The van der Waals surface area contributed by atoms with Gasteiger partial charge in [-0.1, -0.05) is 19.1 Å². The first-order valence-corrected chi connectivity index (χ1v) is 7.40. The van der Waals surface area contributed by atoms with E-state index in [1.165, 1.54) is 16.8 Å². The lowest BCUT2D eigenvalue weighted by atomic mass is 10.1. The average Bonchev–Trinajstić information content (AvgIpc) is 2.48. The molecule has 110 valence electrons. The maximum absolute atomic E-state index is 12.1. The van der Waals surface area contributed by atoms with E-state index in [-0.39, 0.29) is 11.9 Å². The Morgan fingerprint density at radius 1 is 1.25 bits per heavy atom. The fraction of sp³-hybridized carbons (Fsp3) is 0.562. The minimum absolute atomic E-state index is 0.0908. The molecule has 1 fully saturated rings. The largest absolute Gasteiger partial charge is 0.368 e. The summed E-state index contributed by atoms with van der Waals surface area (Å²) in [6.45, 7) is 9.54. The predicted molar refractivity (Wildman–Crippen MR) is 83.0 cm³/mol. The number of hydrogen-bond acceptors (Lipinski definition) is 3. The number of carbonyl (C=O) groups is 1. The molecule has 1 aromatic carbocycles. The van der Waals surface area contributed by atoms with E-state index in [2.05, 4.69) is 36.9 Å². The number of hydrogen-bond donors (Lipinski definition) is 1. The summed E-state index contributed by atoms with van der Waals surface area (Å²) in [5.74, 6) is 0.0908. The molecule has 0 aromatic heterocycles. The highest BCUT2D eigenvalue weighted by atomic mass is 16.2. The Balaban J connectivity index is 2.01. The Morgan fingerprint density at radius 2 is 1.90 bits per heavy atom. The molecule has 0 unspecified atom stereocenters. The predicted octanol–water partition coefficient (Wildman–Crippen LogP) is 1.69. The van der Waals surface area contributed by atoms with Crippen molar-refractivity contribution < 1.29 is 4.79 Å². The van der Waals surface area contributed by atoms with Crippen molar-refractivity contribution in [3.63, 3.8) is 0 Å². The number of anilines is 1. The Labute approximate surface area is 121 Å². The number of amides is 1. The molecule has 1 aliphatic heterocycles. The zero-order valence-electron chi connectivity index (χ0n) is 12.7. The molecule has 0 saturated carbocycles. The maximum Gasteiger partial charge on any atom is 0.239 e. The SMILES string of the molecule is CC[C@H](N)C(=O)N1CCN(c2cccc(C)c2C)CC1. The normalized spacial score (nSPS) is 17.2. The highest BCUT2D eigenvalue weighted by Crippen LogP contribution is 2.23. The van der Waals surface area contributed by atoms with Gasteiger partial charge in [0, 0.05) is 31.9 Å². The van der Waals surface area contributed by atoms with Crippen LogP contribution in [0.3, 0.4) is 0 Å². The standard InChI is InChI=1S/C16H25N3O/c1-4-14(17)16(20)19-10-8-18(9-11-19)15-7-5-6-12(2)13(15)3/h5-7,14H,4,8-11,17H2,1-3H3/t14-/m0/s1. The van der Waals surface area contributed by atoms with Crippen molar-refractivity contribution in [2.45, 2.75) is 33.2 Å². The van der Waals surface area contributed by atoms with E-state index in [4.69, 9.17) is 5.73 Å². The monoisotopic (exact) mass is 275 g/mol. The third-order valence-corrected chi connectivity index (χ3v) is 4.27. The van der Waals surface area contributed by atoms with Crippen molar-refractivity contribution in [3.05, 3.63) is 29.3 Å².